The fourth-order valence-electron chi connectivity index (χ4n) is 1.52. The average Bonchev–Trinajstić information content (AvgIpc) is 2.28. The van der Waals surface area contributed by atoms with Crippen LogP contribution in [-0.4, -0.2) is 13.7 Å². The molecule has 1 aromatic carbocycles. The van der Waals surface area contributed by atoms with Crippen molar-refractivity contribution in [3.05, 3.63) is 28.8 Å². The zero-order valence-corrected chi connectivity index (χ0v) is 11.8. The molecule has 0 aliphatic carbocycles. The van der Waals surface area contributed by atoms with E-state index in [9.17, 15) is 0 Å². The Kier molecular flexibility index (Phi) is 5.79. The van der Waals surface area contributed by atoms with Crippen molar-refractivity contribution in [3.63, 3.8) is 0 Å². The summed E-state index contributed by atoms with van der Waals surface area (Å²) in [6.07, 6.45) is 1.06. The largest absolute Gasteiger partial charge is 0.494 e. The van der Waals surface area contributed by atoms with Gasteiger partial charge in [-0.2, -0.15) is 0 Å². The van der Waals surface area contributed by atoms with Gasteiger partial charge in [0, 0.05) is 11.1 Å². The summed E-state index contributed by atoms with van der Waals surface area (Å²) in [7, 11) is 1.92. The first-order chi connectivity index (χ1) is 8.04. The van der Waals surface area contributed by atoms with Gasteiger partial charge in [0.2, 0.25) is 0 Å². The second-order valence-corrected chi connectivity index (χ2v) is 5.13. The van der Waals surface area contributed by atoms with Crippen molar-refractivity contribution >= 4 is 11.6 Å². The Morgan fingerprint density at radius 3 is 2.53 bits per heavy atom. The van der Waals surface area contributed by atoms with Crippen LogP contribution in [0.25, 0.3) is 0 Å². The van der Waals surface area contributed by atoms with Gasteiger partial charge in [0.15, 0.2) is 0 Å². The molecule has 0 fully saturated rings. The molecular formula is C14H22ClNO. The van der Waals surface area contributed by atoms with Crippen LogP contribution in [0.5, 0.6) is 5.75 Å². The summed E-state index contributed by atoms with van der Waals surface area (Å²) in [6.45, 7) is 7.21. The smallest absolute Gasteiger partial charge is 0.120 e. The summed E-state index contributed by atoms with van der Waals surface area (Å²) in [5.41, 5.74) is 1.10. The molecule has 1 aromatic rings. The predicted molar refractivity (Wildman–Crippen MR) is 73.9 cm³/mol. The van der Waals surface area contributed by atoms with Crippen LogP contribution in [-0.2, 0) is 0 Å². The van der Waals surface area contributed by atoms with Gasteiger partial charge in [0.25, 0.3) is 0 Å². The van der Waals surface area contributed by atoms with Crippen molar-refractivity contribution in [1.82, 2.24) is 5.32 Å². The molecule has 0 heterocycles. The molecule has 1 atom stereocenters. The fourth-order valence-corrected chi connectivity index (χ4v) is 1.85. The molecule has 3 heteroatoms. The number of nitrogens with one attached hydrogen (secondary N) is 1. The van der Waals surface area contributed by atoms with E-state index < -0.39 is 0 Å². The highest BCUT2D eigenvalue weighted by atomic mass is 35.5. The van der Waals surface area contributed by atoms with Crippen molar-refractivity contribution in [2.24, 2.45) is 5.92 Å². The Labute approximate surface area is 109 Å². The Morgan fingerprint density at radius 2 is 2.00 bits per heavy atom. The quantitative estimate of drug-likeness (QED) is 0.828. The van der Waals surface area contributed by atoms with Crippen molar-refractivity contribution in [2.45, 2.75) is 33.2 Å². The summed E-state index contributed by atoms with van der Waals surface area (Å²) in [6, 6.07) is 6.15. The van der Waals surface area contributed by atoms with Gasteiger partial charge >= 0.3 is 0 Å². The molecule has 17 heavy (non-hydrogen) atoms. The Bertz CT molecular complexity index is 352. The molecule has 2 nitrogen and oxygen atoms in total. The van der Waals surface area contributed by atoms with Crippen LogP contribution in [0.1, 0.15) is 38.8 Å². The zero-order valence-electron chi connectivity index (χ0n) is 11.1. The lowest BCUT2D eigenvalue weighted by atomic mass is 10.1. The minimum atomic E-state index is 0.257. The maximum Gasteiger partial charge on any atom is 0.120 e. The minimum Gasteiger partial charge on any atom is -0.494 e. The monoisotopic (exact) mass is 255 g/mol. The average molecular weight is 256 g/mol. The predicted octanol–water partition coefficient (Wildman–Crippen LogP) is 4.05. The molecule has 0 amide bonds. The lowest BCUT2D eigenvalue weighted by Crippen LogP contribution is -2.12. The first-order valence-corrected chi connectivity index (χ1v) is 6.52. The maximum atomic E-state index is 6.22. The van der Waals surface area contributed by atoms with Crippen LogP contribution in [0, 0.1) is 5.92 Å². The normalized spacial score (nSPS) is 12.8. The molecule has 0 bridgehead atoms. The van der Waals surface area contributed by atoms with Crippen LogP contribution < -0.4 is 10.1 Å². The number of hydrogen-bond donors (Lipinski definition) is 1. The zero-order chi connectivity index (χ0) is 12.8. The molecule has 0 saturated heterocycles. The van der Waals surface area contributed by atoms with E-state index in [1.54, 1.807) is 0 Å². The van der Waals surface area contributed by atoms with Gasteiger partial charge in [-0.25, -0.2) is 0 Å². The van der Waals surface area contributed by atoms with Crippen LogP contribution in [0.3, 0.4) is 0 Å². The number of hydrogen-bond acceptors (Lipinski definition) is 2. The van der Waals surface area contributed by atoms with E-state index in [2.05, 4.69) is 26.1 Å². The molecule has 1 unspecified atom stereocenters. The van der Waals surface area contributed by atoms with E-state index in [-0.39, 0.29) is 6.04 Å². The number of halogens is 1. The summed E-state index contributed by atoms with van der Waals surface area (Å²) in [4.78, 5) is 0. The number of rotatable bonds is 6. The van der Waals surface area contributed by atoms with Crippen LogP contribution in [0.4, 0.5) is 0 Å². The van der Waals surface area contributed by atoms with Crippen LogP contribution in [0.15, 0.2) is 18.2 Å². The highest BCUT2D eigenvalue weighted by Crippen LogP contribution is 2.27. The molecule has 96 valence electrons. The van der Waals surface area contributed by atoms with Gasteiger partial charge in [0.05, 0.1) is 6.61 Å². The maximum absolute atomic E-state index is 6.22. The van der Waals surface area contributed by atoms with E-state index in [0.717, 1.165) is 29.4 Å². The van der Waals surface area contributed by atoms with Gasteiger partial charge in [-0.1, -0.05) is 31.5 Å². The third kappa shape index (κ3) is 4.57. The number of benzene rings is 1. The molecule has 1 rings (SSSR count). The molecule has 0 radical (unpaired) electrons. The first kappa shape index (κ1) is 14.3. The molecule has 0 saturated carbocycles. The van der Waals surface area contributed by atoms with E-state index in [4.69, 9.17) is 16.3 Å². The summed E-state index contributed by atoms with van der Waals surface area (Å²) in [5.74, 6) is 1.51. The SMILES string of the molecule is CNC(C)c1ccc(OCCC(C)C)cc1Cl. The van der Waals surface area contributed by atoms with Gasteiger partial charge < -0.3 is 10.1 Å². The summed E-state index contributed by atoms with van der Waals surface area (Å²) < 4.78 is 5.66. The second-order valence-electron chi connectivity index (χ2n) is 4.72. The van der Waals surface area contributed by atoms with E-state index in [1.807, 2.05) is 25.2 Å². The molecule has 1 N–H and O–H groups in total. The second kappa shape index (κ2) is 6.87. The third-order valence-electron chi connectivity index (χ3n) is 2.84. The van der Waals surface area contributed by atoms with Gasteiger partial charge in [-0.05, 0) is 44.0 Å². The van der Waals surface area contributed by atoms with Crippen LogP contribution in [0.2, 0.25) is 5.02 Å². The van der Waals surface area contributed by atoms with Crippen LogP contribution >= 0.6 is 11.6 Å². The molecule has 0 aliphatic heterocycles. The lowest BCUT2D eigenvalue weighted by Gasteiger charge is -2.14. The Hall–Kier alpha value is -0.730. The fraction of sp³-hybridized carbons (Fsp3) is 0.571. The van der Waals surface area contributed by atoms with E-state index in [0.29, 0.717) is 5.92 Å². The first-order valence-electron chi connectivity index (χ1n) is 6.14. The van der Waals surface area contributed by atoms with Gasteiger partial charge in [0.1, 0.15) is 5.75 Å². The Balaban J connectivity index is 2.62. The van der Waals surface area contributed by atoms with E-state index >= 15 is 0 Å². The highest BCUT2D eigenvalue weighted by molar-refractivity contribution is 6.31. The standard InChI is InChI=1S/C14H22ClNO/c1-10(2)7-8-17-12-5-6-13(11(3)16-4)14(15)9-12/h5-6,9-11,16H,7-8H2,1-4H3. The van der Waals surface area contributed by atoms with Crippen molar-refractivity contribution in [3.8, 4) is 5.75 Å². The lowest BCUT2D eigenvalue weighted by molar-refractivity contribution is 0.289. The molecular weight excluding hydrogens is 234 g/mol. The van der Waals surface area contributed by atoms with Gasteiger partial charge in [-0.3, -0.25) is 0 Å². The van der Waals surface area contributed by atoms with Gasteiger partial charge in [-0.15, -0.1) is 0 Å². The Morgan fingerprint density at radius 1 is 1.29 bits per heavy atom. The molecule has 0 aliphatic rings. The van der Waals surface area contributed by atoms with Crippen molar-refractivity contribution in [2.75, 3.05) is 13.7 Å². The molecule has 0 spiro atoms. The summed E-state index contributed by atoms with van der Waals surface area (Å²) >= 11 is 6.22. The highest BCUT2D eigenvalue weighted by Gasteiger charge is 2.08. The van der Waals surface area contributed by atoms with Crippen molar-refractivity contribution in [1.29, 1.82) is 0 Å². The number of ether oxygens (including phenoxy) is 1. The summed E-state index contributed by atoms with van der Waals surface area (Å²) in [5, 5.41) is 3.93. The van der Waals surface area contributed by atoms with E-state index in [1.165, 1.54) is 0 Å². The topological polar surface area (TPSA) is 21.3 Å². The molecule has 0 aromatic heterocycles. The van der Waals surface area contributed by atoms with Crippen molar-refractivity contribution < 1.29 is 4.74 Å². The minimum absolute atomic E-state index is 0.257. The third-order valence-corrected chi connectivity index (χ3v) is 3.16.